The molecule has 0 saturated heterocycles. The number of ketones is 1. The van der Waals surface area contributed by atoms with Crippen LogP contribution in [0.5, 0.6) is 0 Å². The number of benzene rings is 1. The maximum Gasteiger partial charge on any atom is 0.256 e. The molecule has 1 aromatic rings. The van der Waals surface area contributed by atoms with Crippen LogP contribution in [0.2, 0.25) is 10.0 Å². The number of aliphatic hydroxyl groups excluding tert-OH is 1. The van der Waals surface area contributed by atoms with Gasteiger partial charge < -0.3 is 10.4 Å². The summed E-state index contributed by atoms with van der Waals surface area (Å²) in [7, 11) is 0. The number of carbonyl (C=O) groups is 2. The number of hydrogen-bond donors (Lipinski definition) is 2. The first-order valence-corrected chi connectivity index (χ1v) is 7.42. The summed E-state index contributed by atoms with van der Waals surface area (Å²) < 4.78 is 0. The Hall–Kier alpha value is -1.52. The van der Waals surface area contributed by atoms with Gasteiger partial charge in [0, 0.05) is 23.4 Å². The Morgan fingerprint density at radius 2 is 1.81 bits per heavy atom. The van der Waals surface area contributed by atoms with E-state index in [0.29, 0.717) is 41.3 Å². The van der Waals surface area contributed by atoms with Gasteiger partial charge in [-0.3, -0.25) is 9.59 Å². The number of hydrogen-bond acceptors (Lipinski definition) is 3. The number of nitrogens with one attached hydrogen (secondary N) is 1. The Morgan fingerprint density at radius 3 is 2.43 bits per heavy atom. The number of aliphatic hydroxyl groups is 1. The van der Waals surface area contributed by atoms with E-state index in [4.69, 9.17) is 23.2 Å². The van der Waals surface area contributed by atoms with Gasteiger partial charge in [0.1, 0.15) is 11.5 Å². The first-order valence-electron chi connectivity index (χ1n) is 6.66. The van der Waals surface area contributed by atoms with E-state index in [2.05, 4.69) is 5.32 Å². The molecule has 1 heterocycles. The minimum Gasteiger partial charge on any atom is -0.509 e. The lowest BCUT2D eigenvalue weighted by Crippen LogP contribution is -2.47. The first kappa shape index (κ1) is 14.4. The van der Waals surface area contributed by atoms with E-state index in [1.807, 2.05) is 0 Å². The third-order valence-electron chi connectivity index (χ3n) is 4.13. The van der Waals surface area contributed by atoms with Crippen molar-refractivity contribution in [3.05, 3.63) is 39.6 Å². The molecule has 0 bridgehead atoms. The molecular weight excluding hydrogens is 313 g/mol. The molecule has 1 spiro atoms. The Morgan fingerprint density at radius 1 is 1.14 bits per heavy atom. The standard InChI is InChI=1S/C15H13Cl2NO3/c16-8-1-2-10(11(17)7-8)12-13(20)15(18-14(12)21)5-3-9(19)4-6-15/h1-2,7,20H,3-6H2,(H,18,21). The van der Waals surface area contributed by atoms with Gasteiger partial charge in [-0.05, 0) is 25.0 Å². The largest absolute Gasteiger partial charge is 0.509 e. The molecule has 2 aliphatic rings. The minimum absolute atomic E-state index is 0.0239. The van der Waals surface area contributed by atoms with Crippen molar-refractivity contribution >= 4 is 40.5 Å². The molecule has 1 aromatic carbocycles. The molecule has 1 amide bonds. The van der Waals surface area contributed by atoms with E-state index in [-0.39, 0.29) is 23.0 Å². The normalized spacial score (nSPS) is 21.0. The number of halogens is 2. The van der Waals surface area contributed by atoms with Crippen molar-refractivity contribution < 1.29 is 14.7 Å². The van der Waals surface area contributed by atoms with Crippen LogP contribution in [0, 0.1) is 0 Å². The zero-order valence-corrected chi connectivity index (χ0v) is 12.6. The van der Waals surface area contributed by atoms with Crippen LogP contribution in [0.4, 0.5) is 0 Å². The molecule has 0 atom stereocenters. The quantitative estimate of drug-likeness (QED) is 0.832. The lowest BCUT2D eigenvalue weighted by Gasteiger charge is -2.32. The van der Waals surface area contributed by atoms with Gasteiger partial charge in [-0.2, -0.15) is 0 Å². The second-order valence-electron chi connectivity index (χ2n) is 5.42. The van der Waals surface area contributed by atoms with E-state index < -0.39 is 5.54 Å². The highest BCUT2D eigenvalue weighted by Crippen LogP contribution is 2.42. The summed E-state index contributed by atoms with van der Waals surface area (Å²) in [6, 6.07) is 4.76. The van der Waals surface area contributed by atoms with Crippen LogP contribution in [0.1, 0.15) is 31.2 Å². The summed E-state index contributed by atoms with van der Waals surface area (Å²) in [6.45, 7) is 0. The number of Topliss-reactive ketones (excluding diaryl/α,β-unsaturated/α-hetero) is 1. The summed E-state index contributed by atoms with van der Waals surface area (Å²) in [5, 5.41) is 14.2. The van der Waals surface area contributed by atoms with E-state index in [0.717, 1.165) is 0 Å². The zero-order valence-electron chi connectivity index (χ0n) is 11.1. The van der Waals surface area contributed by atoms with Gasteiger partial charge in [0.25, 0.3) is 5.91 Å². The monoisotopic (exact) mass is 325 g/mol. The molecule has 3 rings (SSSR count). The summed E-state index contributed by atoms with van der Waals surface area (Å²) >= 11 is 12.0. The maximum atomic E-state index is 12.3. The number of rotatable bonds is 1. The highest BCUT2D eigenvalue weighted by molar-refractivity contribution is 6.38. The minimum atomic E-state index is -0.830. The van der Waals surface area contributed by atoms with Gasteiger partial charge in [-0.1, -0.05) is 29.3 Å². The molecule has 4 nitrogen and oxygen atoms in total. The molecule has 21 heavy (non-hydrogen) atoms. The summed E-state index contributed by atoms with van der Waals surface area (Å²) in [6.07, 6.45) is 1.54. The van der Waals surface area contributed by atoms with Crippen molar-refractivity contribution in [1.29, 1.82) is 0 Å². The lowest BCUT2D eigenvalue weighted by molar-refractivity contribution is -0.123. The Kier molecular flexibility index (Phi) is 3.46. The van der Waals surface area contributed by atoms with Gasteiger partial charge in [0.2, 0.25) is 0 Å². The molecule has 1 fully saturated rings. The van der Waals surface area contributed by atoms with Gasteiger partial charge in [-0.15, -0.1) is 0 Å². The van der Waals surface area contributed by atoms with E-state index >= 15 is 0 Å². The zero-order chi connectivity index (χ0) is 15.2. The van der Waals surface area contributed by atoms with E-state index in [1.54, 1.807) is 12.1 Å². The van der Waals surface area contributed by atoms with Crippen LogP contribution >= 0.6 is 23.2 Å². The van der Waals surface area contributed by atoms with Gasteiger partial charge in [0.05, 0.1) is 16.1 Å². The molecule has 1 aliphatic heterocycles. The summed E-state index contributed by atoms with van der Waals surface area (Å²) in [5.41, 5.74) is -0.209. The van der Waals surface area contributed by atoms with Crippen molar-refractivity contribution in [3.8, 4) is 0 Å². The molecule has 1 aliphatic carbocycles. The third kappa shape index (κ3) is 2.32. The fraction of sp³-hybridized carbons (Fsp3) is 0.333. The number of amides is 1. The Labute approximate surface area is 131 Å². The predicted octanol–water partition coefficient (Wildman–Crippen LogP) is 3.27. The van der Waals surface area contributed by atoms with Crippen molar-refractivity contribution in [2.45, 2.75) is 31.2 Å². The average molecular weight is 326 g/mol. The van der Waals surface area contributed by atoms with Crippen molar-refractivity contribution in [2.24, 2.45) is 0 Å². The number of carbonyl (C=O) groups excluding carboxylic acids is 2. The second kappa shape index (κ2) is 5.04. The summed E-state index contributed by atoms with van der Waals surface area (Å²) in [4.78, 5) is 23.7. The SMILES string of the molecule is O=C1CCC2(CC1)NC(=O)C(c1ccc(Cl)cc1Cl)=C2O. The van der Waals surface area contributed by atoms with Crippen LogP contribution in [0.3, 0.4) is 0 Å². The van der Waals surface area contributed by atoms with Crippen LogP contribution in [0.15, 0.2) is 24.0 Å². The van der Waals surface area contributed by atoms with E-state index in [9.17, 15) is 14.7 Å². The van der Waals surface area contributed by atoms with Crippen LogP contribution in [-0.2, 0) is 9.59 Å². The molecule has 1 saturated carbocycles. The van der Waals surface area contributed by atoms with E-state index in [1.165, 1.54) is 6.07 Å². The molecule has 2 N–H and O–H groups in total. The maximum absolute atomic E-state index is 12.3. The molecule has 0 radical (unpaired) electrons. The van der Waals surface area contributed by atoms with Crippen LogP contribution in [0.25, 0.3) is 5.57 Å². The van der Waals surface area contributed by atoms with Crippen molar-refractivity contribution in [3.63, 3.8) is 0 Å². The Balaban J connectivity index is 2.06. The lowest BCUT2D eigenvalue weighted by atomic mass is 9.80. The Bertz CT molecular complexity index is 671. The average Bonchev–Trinajstić information content (AvgIpc) is 2.66. The first-order chi connectivity index (χ1) is 9.93. The fourth-order valence-corrected chi connectivity index (χ4v) is 3.45. The van der Waals surface area contributed by atoms with Crippen molar-refractivity contribution in [2.75, 3.05) is 0 Å². The highest BCUT2D eigenvalue weighted by atomic mass is 35.5. The summed E-state index contributed by atoms with van der Waals surface area (Å²) in [5.74, 6) is -0.240. The highest BCUT2D eigenvalue weighted by Gasteiger charge is 2.47. The van der Waals surface area contributed by atoms with Gasteiger partial charge in [0.15, 0.2) is 0 Å². The molecule has 0 aromatic heterocycles. The van der Waals surface area contributed by atoms with Gasteiger partial charge >= 0.3 is 0 Å². The topological polar surface area (TPSA) is 66.4 Å². The molecular formula is C15H13Cl2NO3. The molecule has 110 valence electrons. The van der Waals surface area contributed by atoms with Crippen LogP contribution < -0.4 is 5.32 Å². The fourth-order valence-electron chi connectivity index (χ4n) is 2.95. The smallest absolute Gasteiger partial charge is 0.256 e. The molecule has 0 unspecified atom stereocenters. The van der Waals surface area contributed by atoms with Gasteiger partial charge in [-0.25, -0.2) is 0 Å². The predicted molar refractivity (Wildman–Crippen MR) is 80.4 cm³/mol. The van der Waals surface area contributed by atoms with Crippen LogP contribution in [-0.4, -0.2) is 22.3 Å². The molecule has 6 heteroatoms. The third-order valence-corrected chi connectivity index (χ3v) is 4.68. The second-order valence-corrected chi connectivity index (χ2v) is 6.27. The van der Waals surface area contributed by atoms with Crippen molar-refractivity contribution in [1.82, 2.24) is 5.32 Å².